The third-order valence-electron chi connectivity index (χ3n) is 4.67. The zero-order valence-corrected chi connectivity index (χ0v) is 15.8. The van der Waals surface area contributed by atoms with Crippen LogP contribution in [-0.2, 0) is 22.3 Å². The summed E-state index contributed by atoms with van der Waals surface area (Å²) in [6, 6.07) is 0.142. The Bertz CT molecular complexity index is 624. The first kappa shape index (κ1) is 17.6. The molecule has 0 unspecified atom stereocenters. The Labute approximate surface area is 152 Å². The highest BCUT2D eigenvalue weighted by Gasteiger charge is 2.27. The van der Waals surface area contributed by atoms with Crippen molar-refractivity contribution in [1.29, 1.82) is 0 Å². The number of aryl methyl sites for hydroxylation is 1. The van der Waals surface area contributed by atoms with Crippen LogP contribution < -0.4 is 10.6 Å². The van der Waals surface area contributed by atoms with E-state index in [1.807, 2.05) is 0 Å². The molecule has 1 aliphatic heterocycles. The maximum atomic E-state index is 12.2. The molecule has 1 aromatic heterocycles. The number of nitrogens with one attached hydrogen (secondary N) is 2. The van der Waals surface area contributed by atoms with E-state index in [0.29, 0.717) is 10.7 Å². The minimum absolute atomic E-state index is 0.142. The number of carbonyl (C=O) groups is 1. The molecule has 2 heterocycles. The van der Waals surface area contributed by atoms with Crippen LogP contribution in [0.5, 0.6) is 0 Å². The van der Waals surface area contributed by atoms with E-state index in [1.54, 1.807) is 11.3 Å². The predicted octanol–water partition coefficient (Wildman–Crippen LogP) is 3.27. The lowest BCUT2D eigenvalue weighted by atomic mass is 9.95. The van der Waals surface area contributed by atoms with Crippen molar-refractivity contribution in [2.75, 3.05) is 19.0 Å². The minimum atomic E-state index is -0.285. The molecular formula is C17H24N2O3S2. The van der Waals surface area contributed by atoms with Gasteiger partial charge in [0, 0.05) is 11.5 Å². The van der Waals surface area contributed by atoms with Gasteiger partial charge in [-0.05, 0) is 63.2 Å². The second-order valence-electron chi connectivity index (χ2n) is 6.35. The molecule has 2 aliphatic rings. The summed E-state index contributed by atoms with van der Waals surface area (Å²) in [5, 5.41) is 7.83. The number of hydrogen-bond donors (Lipinski definition) is 2. The van der Waals surface area contributed by atoms with Crippen LogP contribution in [0.15, 0.2) is 0 Å². The molecule has 0 radical (unpaired) electrons. The maximum Gasteiger partial charge on any atom is 0.341 e. The molecular weight excluding hydrogens is 344 g/mol. The summed E-state index contributed by atoms with van der Waals surface area (Å²) < 4.78 is 10.7. The molecule has 0 saturated carbocycles. The van der Waals surface area contributed by atoms with Crippen LogP contribution in [-0.4, -0.2) is 36.9 Å². The van der Waals surface area contributed by atoms with Crippen LogP contribution in [0, 0.1) is 0 Å². The van der Waals surface area contributed by atoms with Crippen molar-refractivity contribution in [3.8, 4) is 0 Å². The second kappa shape index (κ2) is 7.80. The average molecular weight is 369 g/mol. The molecule has 24 heavy (non-hydrogen) atoms. The van der Waals surface area contributed by atoms with Crippen molar-refractivity contribution in [1.82, 2.24) is 5.32 Å². The monoisotopic (exact) mass is 368 g/mol. The van der Waals surface area contributed by atoms with Gasteiger partial charge < -0.3 is 20.1 Å². The number of hydrogen-bond acceptors (Lipinski definition) is 5. The van der Waals surface area contributed by atoms with Crippen LogP contribution in [0.3, 0.4) is 0 Å². The van der Waals surface area contributed by atoms with Crippen molar-refractivity contribution >= 4 is 39.6 Å². The number of anilines is 1. The fraction of sp³-hybridized carbons (Fsp3) is 0.647. The number of esters is 1. The van der Waals surface area contributed by atoms with Gasteiger partial charge >= 0.3 is 5.97 Å². The van der Waals surface area contributed by atoms with Crippen LogP contribution in [0.25, 0.3) is 0 Å². The van der Waals surface area contributed by atoms with Gasteiger partial charge in [-0.25, -0.2) is 4.79 Å². The van der Waals surface area contributed by atoms with Gasteiger partial charge in [0.2, 0.25) is 0 Å². The van der Waals surface area contributed by atoms with Gasteiger partial charge in [0.15, 0.2) is 5.11 Å². The van der Waals surface area contributed by atoms with Crippen molar-refractivity contribution in [3.05, 3.63) is 16.0 Å². The zero-order valence-electron chi connectivity index (χ0n) is 14.1. The van der Waals surface area contributed by atoms with Gasteiger partial charge in [0.1, 0.15) is 5.00 Å². The highest BCUT2D eigenvalue weighted by atomic mass is 32.1. The Kier molecular flexibility index (Phi) is 5.73. The summed E-state index contributed by atoms with van der Waals surface area (Å²) in [5.74, 6) is -0.285. The Morgan fingerprint density at radius 3 is 2.88 bits per heavy atom. The second-order valence-corrected chi connectivity index (χ2v) is 7.86. The summed E-state index contributed by atoms with van der Waals surface area (Å²) in [7, 11) is 1.43. The van der Waals surface area contributed by atoms with E-state index < -0.39 is 0 Å². The Morgan fingerprint density at radius 2 is 2.17 bits per heavy atom. The standard InChI is InChI=1S/C17H24N2O3S2/c1-10(12-7-5-9-22-12)18-17(23)19-15-14(16(20)21-2)11-6-3-4-8-13(11)24-15/h10,12H,3-9H2,1-2H3,(H2,18,19,23)/t10-,12+/m1/s1. The topological polar surface area (TPSA) is 59.6 Å². The molecule has 2 atom stereocenters. The van der Waals surface area contributed by atoms with E-state index >= 15 is 0 Å². The van der Waals surface area contributed by atoms with Crippen molar-refractivity contribution in [2.24, 2.45) is 0 Å². The first-order chi connectivity index (χ1) is 11.6. The molecule has 0 amide bonds. The molecule has 132 valence electrons. The number of carbonyl (C=O) groups excluding carboxylic acids is 1. The summed E-state index contributed by atoms with van der Waals surface area (Å²) in [6.07, 6.45) is 6.60. The summed E-state index contributed by atoms with van der Waals surface area (Å²) >= 11 is 7.07. The van der Waals surface area contributed by atoms with E-state index in [2.05, 4.69) is 17.6 Å². The first-order valence-corrected chi connectivity index (χ1v) is 9.74. The van der Waals surface area contributed by atoms with E-state index in [0.717, 1.165) is 49.3 Å². The third-order valence-corrected chi connectivity index (χ3v) is 6.10. The molecule has 0 bridgehead atoms. The predicted molar refractivity (Wildman–Crippen MR) is 100 cm³/mol. The van der Waals surface area contributed by atoms with Gasteiger partial charge in [-0.1, -0.05) is 0 Å². The molecule has 1 aliphatic carbocycles. The van der Waals surface area contributed by atoms with Gasteiger partial charge in [-0.2, -0.15) is 0 Å². The van der Waals surface area contributed by atoms with Crippen LogP contribution >= 0.6 is 23.6 Å². The quantitative estimate of drug-likeness (QED) is 0.628. The third kappa shape index (κ3) is 3.73. The van der Waals surface area contributed by atoms with E-state index in [1.165, 1.54) is 18.4 Å². The lowest BCUT2D eigenvalue weighted by molar-refractivity contribution is 0.0601. The van der Waals surface area contributed by atoms with Crippen LogP contribution in [0.4, 0.5) is 5.00 Å². The molecule has 0 aromatic carbocycles. The minimum Gasteiger partial charge on any atom is -0.465 e. The van der Waals surface area contributed by atoms with E-state index in [-0.39, 0.29) is 18.1 Å². The van der Waals surface area contributed by atoms with Gasteiger partial charge in [0.05, 0.1) is 24.8 Å². The number of methoxy groups -OCH3 is 1. The number of ether oxygens (including phenoxy) is 2. The molecule has 3 rings (SSSR count). The first-order valence-electron chi connectivity index (χ1n) is 8.52. The molecule has 2 N–H and O–H groups in total. The Balaban J connectivity index is 1.72. The van der Waals surface area contributed by atoms with Crippen LogP contribution in [0.2, 0.25) is 0 Å². The van der Waals surface area contributed by atoms with Crippen molar-refractivity contribution < 1.29 is 14.3 Å². The molecule has 1 fully saturated rings. The molecule has 0 spiro atoms. The smallest absolute Gasteiger partial charge is 0.341 e. The lowest BCUT2D eigenvalue weighted by Gasteiger charge is -2.21. The number of fused-ring (bicyclic) bond motifs is 1. The highest BCUT2D eigenvalue weighted by molar-refractivity contribution is 7.80. The lowest BCUT2D eigenvalue weighted by Crippen LogP contribution is -2.42. The Hall–Kier alpha value is -1.18. The number of rotatable bonds is 4. The fourth-order valence-corrected chi connectivity index (χ4v) is 5.04. The van der Waals surface area contributed by atoms with Crippen molar-refractivity contribution in [2.45, 2.75) is 57.6 Å². The summed E-state index contributed by atoms with van der Waals surface area (Å²) in [5.41, 5.74) is 1.79. The molecule has 5 nitrogen and oxygen atoms in total. The summed E-state index contributed by atoms with van der Waals surface area (Å²) in [4.78, 5) is 13.5. The fourth-order valence-electron chi connectivity index (χ4n) is 3.41. The highest BCUT2D eigenvalue weighted by Crippen LogP contribution is 2.38. The summed E-state index contributed by atoms with van der Waals surface area (Å²) in [6.45, 7) is 2.89. The Morgan fingerprint density at radius 1 is 1.38 bits per heavy atom. The van der Waals surface area contributed by atoms with Gasteiger partial charge in [0.25, 0.3) is 0 Å². The van der Waals surface area contributed by atoms with E-state index in [4.69, 9.17) is 21.7 Å². The molecule has 7 heteroatoms. The maximum absolute atomic E-state index is 12.2. The van der Waals surface area contributed by atoms with Crippen LogP contribution in [0.1, 0.15) is 53.4 Å². The number of thiocarbonyl (C=S) groups is 1. The average Bonchev–Trinajstić information content (AvgIpc) is 3.21. The molecule has 1 saturated heterocycles. The van der Waals surface area contributed by atoms with Crippen molar-refractivity contribution in [3.63, 3.8) is 0 Å². The zero-order chi connectivity index (χ0) is 17.1. The SMILES string of the molecule is COC(=O)c1c(NC(=S)N[C@H](C)[C@@H]2CCCO2)sc2c1CCCC2. The normalized spacial score (nSPS) is 21.0. The van der Waals surface area contributed by atoms with Gasteiger partial charge in [-0.3, -0.25) is 0 Å². The number of thiophene rings is 1. The largest absolute Gasteiger partial charge is 0.465 e. The molecule has 1 aromatic rings. The van der Waals surface area contributed by atoms with E-state index in [9.17, 15) is 4.79 Å². The van der Waals surface area contributed by atoms with Gasteiger partial charge in [-0.15, -0.1) is 11.3 Å².